The maximum Gasteiger partial charge on any atom is 0.282 e. The molecule has 31 heavy (non-hydrogen) atoms. The topological polar surface area (TPSA) is 67.9 Å². The minimum absolute atomic E-state index is 0.212. The second-order valence-electron chi connectivity index (χ2n) is 7.04. The van der Waals surface area contributed by atoms with Crippen LogP contribution in [0, 0.1) is 6.92 Å². The third kappa shape index (κ3) is 3.36. The molecule has 1 N–H and O–H groups in total. The lowest BCUT2D eigenvalue weighted by Crippen LogP contribution is -2.33. The number of thiophene rings is 1. The Bertz CT molecular complexity index is 1240. The summed E-state index contributed by atoms with van der Waals surface area (Å²) in [5.74, 6) is 0.412. The van der Waals surface area contributed by atoms with Crippen molar-refractivity contribution in [3.63, 3.8) is 0 Å². The number of carbonyl (C=O) groups is 2. The van der Waals surface area contributed by atoms with E-state index >= 15 is 0 Å². The number of carbonyl (C=O) groups excluding carboxylic acids is 2. The van der Waals surface area contributed by atoms with E-state index < -0.39 is 11.8 Å². The number of rotatable bonds is 4. The largest absolute Gasteiger partial charge is 0.486 e. The number of benzene rings is 2. The molecule has 3 heterocycles. The Morgan fingerprint density at radius 2 is 1.81 bits per heavy atom. The molecular formula is C23H17ClN2O4S. The van der Waals surface area contributed by atoms with Crippen molar-refractivity contribution in [2.45, 2.75) is 6.92 Å². The van der Waals surface area contributed by atoms with Gasteiger partial charge < -0.3 is 14.8 Å². The Balaban J connectivity index is 1.58. The maximum atomic E-state index is 13.5. The molecule has 0 atom stereocenters. The van der Waals surface area contributed by atoms with Crippen LogP contribution in [0.15, 0.2) is 59.6 Å². The van der Waals surface area contributed by atoms with Gasteiger partial charge in [-0.25, -0.2) is 4.90 Å². The van der Waals surface area contributed by atoms with Crippen LogP contribution in [0.5, 0.6) is 11.5 Å². The fourth-order valence-corrected chi connectivity index (χ4v) is 4.56. The second kappa shape index (κ2) is 7.76. The van der Waals surface area contributed by atoms with E-state index in [1.807, 2.05) is 17.5 Å². The Hall–Kier alpha value is -3.29. The van der Waals surface area contributed by atoms with Crippen LogP contribution in [0.1, 0.15) is 10.4 Å². The van der Waals surface area contributed by atoms with E-state index in [0.29, 0.717) is 57.1 Å². The highest BCUT2D eigenvalue weighted by Crippen LogP contribution is 2.39. The molecule has 1 aromatic heterocycles. The highest BCUT2D eigenvalue weighted by Gasteiger charge is 2.41. The standard InChI is InChI=1S/C23H17ClN2O4S/c1-13-15(24)4-2-5-16(13)26-22(27)20(19-6-3-11-31-19)21(23(26)28)25-14-7-8-17-18(12-14)30-10-9-29-17/h2-8,11-12,25H,9-10H2,1H3. The van der Waals surface area contributed by atoms with Crippen LogP contribution in [-0.2, 0) is 9.59 Å². The molecule has 0 saturated heterocycles. The van der Waals surface area contributed by atoms with Crippen LogP contribution >= 0.6 is 22.9 Å². The molecular weight excluding hydrogens is 436 g/mol. The van der Waals surface area contributed by atoms with Crippen molar-refractivity contribution in [3.8, 4) is 11.5 Å². The van der Waals surface area contributed by atoms with Crippen molar-refractivity contribution in [1.29, 1.82) is 0 Å². The van der Waals surface area contributed by atoms with Gasteiger partial charge in [0.25, 0.3) is 11.8 Å². The average Bonchev–Trinajstić information content (AvgIpc) is 3.37. The zero-order valence-corrected chi connectivity index (χ0v) is 18.0. The first-order chi connectivity index (χ1) is 15.0. The molecule has 0 spiro atoms. The number of hydrogen-bond acceptors (Lipinski definition) is 6. The fraction of sp³-hybridized carbons (Fsp3) is 0.130. The first-order valence-electron chi connectivity index (χ1n) is 9.63. The van der Waals surface area contributed by atoms with Gasteiger partial charge >= 0.3 is 0 Å². The average molecular weight is 453 g/mol. The number of fused-ring (bicyclic) bond motifs is 1. The summed E-state index contributed by atoms with van der Waals surface area (Å²) in [6, 6.07) is 14.2. The van der Waals surface area contributed by atoms with Crippen LogP contribution in [0.25, 0.3) is 5.57 Å². The molecule has 0 fully saturated rings. The molecule has 2 aromatic carbocycles. The fourth-order valence-electron chi connectivity index (χ4n) is 3.62. The Morgan fingerprint density at radius 3 is 2.58 bits per heavy atom. The highest BCUT2D eigenvalue weighted by atomic mass is 35.5. The molecule has 0 saturated carbocycles. The molecule has 0 radical (unpaired) electrons. The number of nitrogens with one attached hydrogen (secondary N) is 1. The van der Waals surface area contributed by atoms with Gasteiger partial charge in [0, 0.05) is 21.7 Å². The van der Waals surface area contributed by atoms with E-state index in [-0.39, 0.29) is 5.70 Å². The van der Waals surface area contributed by atoms with Crippen LogP contribution in [-0.4, -0.2) is 25.0 Å². The van der Waals surface area contributed by atoms with Gasteiger partial charge in [-0.1, -0.05) is 23.7 Å². The summed E-state index contributed by atoms with van der Waals surface area (Å²) < 4.78 is 11.2. The van der Waals surface area contributed by atoms with Crippen LogP contribution in [0.3, 0.4) is 0 Å². The van der Waals surface area contributed by atoms with E-state index in [2.05, 4.69) is 5.32 Å². The third-order valence-electron chi connectivity index (χ3n) is 5.14. The second-order valence-corrected chi connectivity index (χ2v) is 8.40. The Morgan fingerprint density at radius 1 is 1.00 bits per heavy atom. The van der Waals surface area contributed by atoms with Gasteiger partial charge in [-0.3, -0.25) is 9.59 Å². The minimum Gasteiger partial charge on any atom is -0.486 e. The van der Waals surface area contributed by atoms with E-state index in [0.717, 1.165) is 0 Å². The number of ether oxygens (including phenoxy) is 2. The summed E-state index contributed by atoms with van der Waals surface area (Å²) in [6.45, 7) is 2.74. The number of anilines is 2. The zero-order chi connectivity index (χ0) is 21.5. The molecule has 156 valence electrons. The van der Waals surface area contributed by atoms with Crippen LogP contribution in [0.4, 0.5) is 11.4 Å². The van der Waals surface area contributed by atoms with Gasteiger partial charge in [0.15, 0.2) is 11.5 Å². The van der Waals surface area contributed by atoms with Crippen molar-refractivity contribution in [1.82, 2.24) is 0 Å². The lowest BCUT2D eigenvalue weighted by Gasteiger charge is -2.20. The number of imide groups is 1. The molecule has 6 nitrogen and oxygen atoms in total. The first kappa shape index (κ1) is 19.7. The normalized spacial score (nSPS) is 15.6. The van der Waals surface area contributed by atoms with Crippen molar-refractivity contribution < 1.29 is 19.1 Å². The summed E-state index contributed by atoms with van der Waals surface area (Å²) >= 11 is 7.65. The molecule has 2 amide bonds. The predicted molar refractivity (Wildman–Crippen MR) is 121 cm³/mol. The monoisotopic (exact) mass is 452 g/mol. The first-order valence-corrected chi connectivity index (χ1v) is 10.9. The summed E-state index contributed by atoms with van der Waals surface area (Å²) in [6.07, 6.45) is 0. The van der Waals surface area contributed by atoms with Gasteiger partial charge in [-0.05, 0) is 48.2 Å². The summed E-state index contributed by atoms with van der Waals surface area (Å²) in [7, 11) is 0. The van der Waals surface area contributed by atoms with E-state index in [1.165, 1.54) is 16.2 Å². The number of nitrogens with zero attached hydrogens (tertiary/aromatic N) is 1. The summed E-state index contributed by atoms with van der Waals surface area (Å²) in [4.78, 5) is 28.8. The quantitative estimate of drug-likeness (QED) is 0.571. The molecule has 3 aromatic rings. The smallest absolute Gasteiger partial charge is 0.282 e. The van der Waals surface area contributed by atoms with Crippen molar-refractivity contribution in [2.24, 2.45) is 0 Å². The highest BCUT2D eigenvalue weighted by molar-refractivity contribution is 7.11. The molecule has 0 aliphatic carbocycles. The molecule has 5 rings (SSSR count). The zero-order valence-electron chi connectivity index (χ0n) is 16.5. The van der Waals surface area contributed by atoms with E-state index in [9.17, 15) is 9.59 Å². The molecule has 0 bridgehead atoms. The maximum absolute atomic E-state index is 13.5. The van der Waals surface area contributed by atoms with Gasteiger partial charge in [-0.2, -0.15) is 0 Å². The lowest BCUT2D eigenvalue weighted by atomic mass is 10.1. The molecule has 0 unspecified atom stereocenters. The van der Waals surface area contributed by atoms with Crippen molar-refractivity contribution >= 4 is 51.7 Å². The van der Waals surface area contributed by atoms with Gasteiger partial charge in [-0.15, -0.1) is 11.3 Å². The van der Waals surface area contributed by atoms with E-state index in [1.54, 1.807) is 43.3 Å². The van der Waals surface area contributed by atoms with Gasteiger partial charge in [0.2, 0.25) is 0 Å². The third-order valence-corrected chi connectivity index (χ3v) is 6.44. The Labute approximate surface area is 187 Å². The number of amides is 2. The summed E-state index contributed by atoms with van der Waals surface area (Å²) in [5, 5.41) is 5.51. The minimum atomic E-state index is -0.436. The van der Waals surface area contributed by atoms with Crippen LogP contribution < -0.4 is 19.7 Å². The lowest BCUT2D eigenvalue weighted by molar-refractivity contribution is -0.120. The Kier molecular flexibility index (Phi) is 4.92. The predicted octanol–water partition coefficient (Wildman–Crippen LogP) is 4.88. The molecule has 2 aliphatic heterocycles. The molecule has 2 aliphatic rings. The van der Waals surface area contributed by atoms with Crippen molar-refractivity contribution in [3.05, 3.63) is 75.1 Å². The SMILES string of the molecule is Cc1c(Cl)cccc1N1C(=O)C(Nc2ccc3c(c2)OCCO3)=C(c2cccs2)C1=O. The summed E-state index contributed by atoms with van der Waals surface area (Å²) in [5.41, 5.74) is 2.30. The van der Waals surface area contributed by atoms with Gasteiger partial charge in [0.05, 0.1) is 11.3 Å². The van der Waals surface area contributed by atoms with E-state index in [4.69, 9.17) is 21.1 Å². The number of halogens is 1. The number of hydrogen-bond donors (Lipinski definition) is 1. The van der Waals surface area contributed by atoms with Crippen LogP contribution in [0.2, 0.25) is 5.02 Å². The van der Waals surface area contributed by atoms with Gasteiger partial charge in [0.1, 0.15) is 18.9 Å². The van der Waals surface area contributed by atoms with Crippen molar-refractivity contribution in [2.75, 3.05) is 23.4 Å². The molecule has 8 heteroatoms.